The van der Waals surface area contributed by atoms with Crippen molar-refractivity contribution in [1.29, 1.82) is 0 Å². The number of rotatable bonds is 8. The van der Waals surface area contributed by atoms with Crippen molar-refractivity contribution in [2.24, 2.45) is 0 Å². The molecule has 5 nitrogen and oxygen atoms in total. The Bertz CT molecular complexity index is 978. The predicted octanol–water partition coefficient (Wildman–Crippen LogP) is 4.72. The van der Waals surface area contributed by atoms with Gasteiger partial charge >= 0.3 is 0 Å². The van der Waals surface area contributed by atoms with Gasteiger partial charge in [-0.05, 0) is 49.9 Å². The number of methoxy groups -OCH3 is 1. The van der Waals surface area contributed by atoms with Gasteiger partial charge in [0.1, 0.15) is 5.75 Å². The van der Waals surface area contributed by atoms with Crippen molar-refractivity contribution < 1.29 is 19.0 Å². The van der Waals surface area contributed by atoms with Gasteiger partial charge in [0, 0.05) is 11.9 Å². The van der Waals surface area contributed by atoms with Crippen LogP contribution in [0.4, 0.5) is 0 Å². The van der Waals surface area contributed by atoms with E-state index >= 15 is 0 Å². The number of carbonyl (C=O) groups is 1. The van der Waals surface area contributed by atoms with Crippen LogP contribution >= 0.6 is 0 Å². The fraction of sp³-hybridized carbons (Fsp3) is 0.292. The normalized spacial score (nSPS) is 11.9. The van der Waals surface area contributed by atoms with Crippen LogP contribution in [0, 0.1) is 0 Å². The number of benzene rings is 3. The largest absolute Gasteiger partial charge is 0.493 e. The zero-order valence-electron chi connectivity index (χ0n) is 17.3. The maximum Gasteiger partial charge on any atom is 0.261 e. The molecule has 0 saturated carbocycles. The summed E-state index contributed by atoms with van der Waals surface area (Å²) in [5, 5.41) is 4.98. The molecular formula is C24H27NO4. The molecule has 0 bridgehead atoms. The van der Waals surface area contributed by atoms with Crippen molar-refractivity contribution in [3.63, 3.8) is 0 Å². The first-order chi connectivity index (χ1) is 14.0. The quantitative estimate of drug-likeness (QED) is 0.602. The Balaban J connectivity index is 1.63. The fourth-order valence-corrected chi connectivity index (χ4v) is 3.05. The van der Waals surface area contributed by atoms with Gasteiger partial charge in [0.05, 0.1) is 13.2 Å². The van der Waals surface area contributed by atoms with Crippen LogP contribution in [0.3, 0.4) is 0 Å². The van der Waals surface area contributed by atoms with Gasteiger partial charge in [-0.3, -0.25) is 4.79 Å². The molecule has 0 radical (unpaired) electrons. The summed E-state index contributed by atoms with van der Waals surface area (Å²) in [6.45, 7) is 6.05. The molecule has 1 N–H and O–H groups in total. The van der Waals surface area contributed by atoms with Crippen LogP contribution in [0.2, 0.25) is 0 Å². The van der Waals surface area contributed by atoms with Crippen LogP contribution in [0.25, 0.3) is 10.8 Å². The lowest BCUT2D eigenvalue weighted by atomic mass is 10.1. The minimum Gasteiger partial charge on any atom is -0.493 e. The molecule has 3 aromatic rings. The van der Waals surface area contributed by atoms with Crippen LogP contribution in [-0.2, 0) is 11.3 Å². The van der Waals surface area contributed by atoms with Gasteiger partial charge < -0.3 is 19.5 Å². The van der Waals surface area contributed by atoms with Crippen molar-refractivity contribution in [2.45, 2.75) is 39.5 Å². The summed E-state index contributed by atoms with van der Waals surface area (Å²) in [6.07, 6.45) is -0.562. The standard InChI is InChI=1S/C24H27NO4/c1-16(2)28-22-13-12-18(14-23(22)27-4)15-25-24(26)17(3)29-21-11-7-9-19-8-5-6-10-20(19)21/h5-14,16-17H,15H2,1-4H3,(H,25,26)/t17-/m0/s1. The lowest BCUT2D eigenvalue weighted by Crippen LogP contribution is -2.35. The number of nitrogens with one attached hydrogen (secondary N) is 1. The summed E-state index contributed by atoms with van der Waals surface area (Å²) in [5.41, 5.74) is 0.920. The van der Waals surface area contributed by atoms with Gasteiger partial charge in [-0.25, -0.2) is 0 Å². The molecule has 0 unspecified atom stereocenters. The van der Waals surface area contributed by atoms with E-state index in [1.54, 1.807) is 14.0 Å². The molecule has 29 heavy (non-hydrogen) atoms. The summed E-state index contributed by atoms with van der Waals surface area (Å²) in [5.74, 6) is 1.85. The van der Waals surface area contributed by atoms with Crippen LogP contribution in [0.1, 0.15) is 26.3 Å². The molecule has 3 rings (SSSR count). The van der Waals surface area contributed by atoms with Crippen molar-refractivity contribution in [2.75, 3.05) is 7.11 Å². The van der Waals surface area contributed by atoms with Crippen LogP contribution < -0.4 is 19.5 Å². The molecule has 1 atom stereocenters. The number of hydrogen-bond donors (Lipinski definition) is 1. The fourth-order valence-electron chi connectivity index (χ4n) is 3.05. The molecule has 3 aromatic carbocycles. The summed E-state index contributed by atoms with van der Waals surface area (Å²) in [4.78, 5) is 12.5. The Morgan fingerprint density at radius 2 is 1.66 bits per heavy atom. The number of hydrogen-bond acceptors (Lipinski definition) is 4. The molecule has 0 aliphatic rings. The first-order valence-corrected chi connectivity index (χ1v) is 9.73. The van der Waals surface area contributed by atoms with E-state index in [0.717, 1.165) is 16.3 Å². The third kappa shape index (κ3) is 5.19. The van der Waals surface area contributed by atoms with Crippen molar-refractivity contribution in [3.05, 3.63) is 66.2 Å². The van der Waals surface area contributed by atoms with Gasteiger partial charge in [0.2, 0.25) is 0 Å². The van der Waals surface area contributed by atoms with Crippen LogP contribution in [0.5, 0.6) is 17.2 Å². The summed E-state index contributed by atoms with van der Waals surface area (Å²) in [6, 6.07) is 19.4. The SMILES string of the molecule is COc1cc(CNC(=O)[C@H](C)Oc2cccc3ccccc23)ccc1OC(C)C. The first kappa shape index (κ1) is 20.5. The Hall–Kier alpha value is -3.21. The Morgan fingerprint density at radius 3 is 2.41 bits per heavy atom. The Morgan fingerprint density at radius 1 is 0.897 bits per heavy atom. The Kier molecular flexibility index (Phi) is 6.60. The molecule has 1 amide bonds. The maximum absolute atomic E-state index is 12.5. The zero-order chi connectivity index (χ0) is 20.8. The van der Waals surface area contributed by atoms with E-state index in [-0.39, 0.29) is 12.0 Å². The van der Waals surface area contributed by atoms with Gasteiger partial charge in [0.25, 0.3) is 5.91 Å². The van der Waals surface area contributed by atoms with Crippen LogP contribution in [0.15, 0.2) is 60.7 Å². The first-order valence-electron chi connectivity index (χ1n) is 9.73. The number of ether oxygens (including phenoxy) is 3. The van der Waals surface area contributed by atoms with E-state index in [2.05, 4.69) is 5.32 Å². The highest BCUT2D eigenvalue weighted by molar-refractivity contribution is 5.89. The highest BCUT2D eigenvalue weighted by Crippen LogP contribution is 2.29. The number of carbonyl (C=O) groups excluding carboxylic acids is 1. The average molecular weight is 393 g/mol. The van der Waals surface area contributed by atoms with Crippen molar-refractivity contribution in [3.8, 4) is 17.2 Å². The second kappa shape index (κ2) is 9.32. The maximum atomic E-state index is 12.5. The summed E-state index contributed by atoms with van der Waals surface area (Å²) < 4.78 is 17.1. The summed E-state index contributed by atoms with van der Waals surface area (Å²) >= 11 is 0. The lowest BCUT2D eigenvalue weighted by molar-refractivity contribution is -0.127. The third-order valence-corrected chi connectivity index (χ3v) is 4.48. The van der Waals surface area contributed by atoms with Gasteiger partial charge in [-0.15, -0.1) is 0 Å². The lowest BCUT2D eigenvalue weighted by Gasteiger charge is -2.17. The average Bonchev–Trinajstić information content (AvgIpc) is 2.72. The molecule has 5 heteroatoms. The molecule has 0 heterocycles. The minimum absolute atomic E-state index is 0.0570. The van der Waals surface area contributed by atoms with E-state index in [4.69, 9.17) is 14.2 Å². The molecule has 152 valence electrons. The van der Waals surface area contributed by atoms with Crippen molar-refractivity contribution >= 4 is 16.7 Å². The van der Waals surface area contributed by atoms with Gasteiger partial charge in [-0.1, -0.05) is 42.5 Å². The monoisotopic (exact) mass is 393 g/mol. The minimum atomic E-state index is -0.619. The van der Waals surface area contributed by atoms with E-state index in [1.165, 1.54) is 0 Å². The number of amides is 1. The molecular weight excluding hydrogens is 366 g/mol. The highest BCUT2D eigenvalue weighted by Gasteiger charge is 2.16. The molecule has 0 aliphatic heterocycles. The Labute approximate surface area is 171 Å². The van der Waals surface area contributed by atoms with Crippen molar-refractivity contribution in [1.82, 2.24) is 5.32 Å². The second-order valence-electron chi connectivity index (χ2n) is 7.11. The van der Waals surface area contributed by atoms with Gasteiger partial charge in [0.15, 0.2) is 17.6 Å². The zero-order valence-corrected chi connectivity index (χ0v) is 17.3. The smallest absolute Gasteiger partial charge is 0.261 e. The topological polar surface area (TPSA) is 56.8 Å². The van der Waals surface area contributed by atoms with Crippen LogP contribution in [-0.4, -0.2) is 25.2 Å². The van der Waals surface area contributed by atoms with E-state index < -0.39 is 6.10 Å². The van der Waals surface area contributed by atoms with E-state index in [1.807, 2.05) is 74.5 Å². The molecule has 0 spiro atoms. The number of fused-ring (bicyclic) bond motifs is 1. The molecule has 0 aromatic heterocycles. The second-order valence-corrected chi connectivity index (χ2v) is 7.11. The predicted molar refractivity (Wildman–Crippen MR) is 115 cm³/mol. The molecule has 0 aliphatic carbocycles. The van der Waals surface area contributed by atoms with E-state index in [0.29, 0.717) is 23.8 Å². The van der Waals surface area contributed by atoms with Gasteiger partial charge in [-0.2, -0.15) is 0 Å². The molecule has 0 fully saturated rings. The van der Waals surface area contributed by atoms with E-state index in [9.17, 15) is 4.79 Å². The summed E-state index contributed by atoms with van der Waals surface area (Å²) in [7, 11) is 1.60. The highest BCUT2D eigenvalue weighted by atomic mass is 16.5. The third-order valence-electron chi connectivity index (χ3n) is 4.48. The molecule has 0 saturated heterocycles.